The Morgan fingerprint density at radius 2 is 1.90 bits per heavy atom. The van der Waals surface area contributed by atoms with E-state index in [0.29, 0.717) is 12.5 Å². The number of carbonyl (C=O) groups excluding carboxylic acids is 1. The highest BCUT2D eigenvalue weighted by Gasteiger charge is 2.26. The van der Waals surface area contributed by atoms with Gasteiger partial charge in [0.1, 0.15) is 5.69 Å². The number of piperidine rings is 1. The molecule has 0 bridgehead atoms. The molecule has 1 amide bonds. The van der Waals surface area contributed by atoms with Gasteiger partial charge in [0.15, 0.2) is 5.82 Å². The summed E-state index contributed by atoms with van der Waals surface area (Å²) in [6.07, 6.45) is 1.69. The van der Waals surface area contributed by atoms with Crippen LogP contribution in [0.25, 0.3) is 10.6 Å². The molecule has 1 aromatic carbocycles. The van der Waals surface area contributed by atoms with Crippen molar-refractivity contribution < 1.29 is 4.79 Å². The molecule has 1 N–H and O–H groups in total. The Morgan fingerprint density at radius 3 is 2.55 bits per heavy atom. The van der Waals surface area contributed by atoms with Crippen molar-refractivity contribution in [3.8, 4) is 10.6 Å². The van der Waals surface area contributed by atoms with Gasteiger partial charge in [-0.25, -0.2) is 0 Å². The summed E-state index contributed by atoms with van der Waals surface area (Å²) in [5, 5.41) is 14.0. The van der Waals surface area contributed by atoms with Crippen molar-refractivity contribution in [2.45, 2.75) is 25.7 Å². The molecule has 0 saturated carbocycles. The number of hydrogen-bond donors (Lipinski definition) is 1. The molecule has 3 heterocycles. The normalized spacial score (nSPS) is 15.8. The lowest BCUT2D eigenvalue weighted by atomic mass is 9.95. The number of nitrogens with one attached hydrogen (secondary N) is 1. The first-order chi connectivity index (χ1) is 14.2. The van der Waals surface area contributed by atoms with Crippen LogP contribution in [0.4, 0.5) is 5.82 Å². The van der Waals surface area contributed by atoms with Crippen molar-refractivity contribution in [1.82, 2.24) is 15.5 Å². The molecule has 3 aromatic rings. The maximum absolute atomic E-state index is 12.6. The van der Waals surface area contributed by atoms with E-state index in [0.717, 1.165) is 42.3 Å². The molecule has 1 aliphatic rings. The first-order valence-corrected chi connectivity index (χ1v) is 11.0. The second-order valence-corrected chi connectivity index (χ2v) is 8.52. The van der Waals surface area contributed by atoms with Crippen LogP contribution < -0.4 is 10.2 Å². The molecule has 2 aromatic heterocycles. The fourth-order valence-electron chi connectivity index (χ4n) is 3.72. The van der Waals surface area contributed by atoms with E-state index in [1.54, 1.807) is 11.3 Å². The Labute approximate surface area is 175 Å². The summed E-state index contributed by atoms with van der Waals surface area (Å²) in [7, 11) is 0. The predicted octanol–water partition coefficient (Wildman–Crippen LogP) is 4.34. The number of carbonyl (C=O) groups is 1. The molecule has 1 fully saturated rings. The van der Waals surface area contributed by atoms with Gasteiger partial charge in [-0.3, -0.25) is 4.79 Å². The van der Waals surface area contributed by atoms with E-state index in [1.165, 1.54) is 5.56 Å². The van der Waals surface area contributed by atoms with Gasteiger partial charge in [0.05, 0.1) is 4.88 Å². The molecule has 5 nitrogen and oxygen atoms in total. The van der Waals surface area contributed by atoms with Crippen LogP contribution in [0.15, 0.2) is 60.0 Å². The molecule has 150 valence electrons. The molecular weight excluding hydrogens is 380 g/mol. The van der Waals surface area contributed by atoms with Crippen molar-refractivity contribution in [2.75, 3.05) is 24.5 Å². The molecule has 4 rings (SSSR count). The van der Waals surface area contributed by atoms with Gasteiger partial charge in [0.2, 0.25) is 5.91 Å². The third-order valence-corrected chi connectivity index (χ3v) is 6.46. The summed E-state index contributed by atoms with van der Waals surface area (Å²) >= 11 is 1.67. The van der Waals surface area contributed by atoms with Gasteiger partial charge in [-0.05, 0) is 47.9 Å². The first kappa shape index (κ1) is 19.6. The Morgan fingerprint density at radius 1 is 1.10 bits per heavy atom. The van der Waals surface area contributed by atoms with Crippen LogP contribution >= 0.6 is 11.3 Å². The Bertz CT molecular complexity index is 904. The Kier molecular flexibility index (Phi) is 6.20. The van der Waals surface area contributed by atoms with E-state index >= 15 is 0 Å². The van der Waals surface area contributed by atoms with E-state index in [-0.39, 0.29) is 11.8 Å². The van der Waals surface area contributed by atoms with Crippen LogP contribution in [0.3, 0.4) is 0 Å². The summed E-state index contributed by atoms with van der Waals surface area (Å²) in [5.74, 6) is 1.46. The summed E-state index contributed by atoms with van der Waals surface area (Å²) in [4.78, 5) is 15.9. The highest BCUT2D eigenvalue weighted by molar-refractivity contribution is 7.13. The third-order valence-electron chi connectivity index (χ3n) is 5.56. The van der Waals surface area contributed by atoms with Crippen molar-refractivity contribution in [1.29, 1.82) is 0 Å². The molecule has 1 atom stereocenters. The smallest absolute Gasteiger partial charge is 0.223 e. The van der Waals surface area contributed by atoms with Crippen molar-refractivity contribution in [3.63, 3.8) is 0 Å². The van der Waals surface area contributed by atoms with Gasteiger partial charge in [-0.1, -0.05) is 43.3 Å². The minimum absolute atomic E-state index is 0.0765. The minimum Gasteiger partial charge on any atom is -0.355 e. The minimum atomic E-state index is 0.0765. The van der Waals surface area contributed by atoms with Crippen molar-refractivity contribution in [2.24, 2.45) is 5.92 Å². The van der Waals surface area contributed by atoms with Crippen molar-refractivity contribution >= 4 is 23.1 Å². The van der Waals surface area contributed by atoms with Crippen LogP contribution in [0, 0.1) is 5.92 Å². The van der Waals surface area contributed by atoms with Crippen molar-refractivity contribution in [3.05, 3.63) is 65.5 Å². The lowest BCUT2D eigenvalue weighted by Gasteiger charge is -2.32. The molecular formula is C23H26N4OS. The topological polar surface area (TPSA) is 58.1 Å². The molecule has 0 aliphatic carbocycles. The van der Waals surface area contributed by atoms with Crippen LogP contribution in [-0.4, -0.2) is 35.7 Å². The molecule has 1 saturated heterocycles. The summed E-state index contributed by atoms with van der Waals surface area (Å²) in [5.41, 5.74) is 2.16. The number of rotatable bonds is 6. The fraction of sp³-hybridized carbons (Fsp3) is 0.348. The van der Waals surface area contributed by atoms with Crippen LogP contribution in [0.5, 0.6) is 0 Å². The molecule has 0 spiro atoms. The molecule has 0 radical (unpaired) electrons. The average molecular weight is 407 g/mol. The van der Waals surface area contributed by atoms with Gasteiger partial charge in [0.25, 0.3) is 0 Å². The maximum Gasteiger partial charge on any atom is 0.223 e. The lowest BCUT2D eigenvalue weighted by Crippen LogP contribution is -2.41. The number of nitrogens with zero attached hydrogens (tertiary/aromatic N) is 3. The highest BCUT2D eigenvalue weighted by atomic mass is 32.1. The average Bonchev–Trinajstić information content (AvgIpc) is 3.33. The number of amides is 1. The maximum atomic E-state index is 12.6. The number of aromatic nitrogens is 2. The van der Waals surface area contributed by atoms with E-state index < -0.39 is 0 Å². The van der Waals surface area contributed by atoms with Gasteiger partial charge in [-0.15, -0.1) is 21.5 Å². The molecule has 29 heavy (non-hydrogen) atoms. The van der Waals surface area contributed by atoms with E-state index in [1.807, 2.05) is 41.8 Å². The highest BCUT2D eigenvalue weighted by Crippen LogP contribution is 2.25. The molecule has 6 heteroatoms. The predicted molar refractivity (Wildman–Crippen MR) is 118 cm³/mol. The number of anilines is 1. The standard InChI is InChI=1S/C23H26N4OS/c1-17(18-6-3-2-4-7-18)16-24-23(28)19-11-13-27(14-12-19)22-10-9-20(25-26-22)21-8-5-15-29-21/h2-10,15,17,19H,11-14,16H2,1H3,(H,24,28). The number of benzene rings is 1. The first-order valence-electron chi connectivity index (χ1n) is 10.2. The van der Waals surface area contributed by atoms with Crippen LogP contribution in [0.1, 0.15) is 31.2 Å². The summed E-state index contributed by atoms with van der Waals surface area (Å²) in [6, 6.07) is 18.5. The largest absolute Gasteiger partial charge is 0.355 e. The third kappa shape index (κ3) is 4.82. The fourth-order valence-corrected chi connectivity index (χ4v) is 4.41. The Hall–Kier alpha value is -2.73. The van der Waals surface area contributed by atoms with E-state index in [2.05, 4.69) is 45.5 Å². The lowest BCUT2D eigenvalue weighted by molar-refractivity contribution is -0.125. The van der Waals surface area contributed by atoms with Gasteiger partial charge in [0, 0.05) is 25.6 Å². The quantitative estimate of drug-likeness (QED) is 0.662. The zero-order valence-electron chi connectivity index (χ0n) is 16.6. The molecule has 1 aliphatic heterocycles. The van der Waals surface area contributed by atoms with E-state index in [9.17, 15) is 4.79 Å². The van der Waals surface area contributed by atoms with Gasteiger partial charge in [-0.2, -0.15) is 0 Å². The summed E-state index contributed by atoms with van der Waals surface area (Å²) in [6.45, 7) is 4.49. The van der Waals surface area contributed by atoms with Crippen LogP contribution in [0.2, 0.25) is 0 Å². The van der Waals surface area contributed by atoms with E-state index in [4.69, 9.17) is 0 Å². The monoisotopic (exact) mass is 406 g/mol. The number of hydrogen-bond acceptors (Lipinski definition) is 5. The zero-order chi connectivity index (χ0) is 20.1. The zero-order valence-corrected chi connectivity index (χ0v) is 17.4. The van der Waals surface area contributed by atoms with Gasteiger partial charge >= 0.3 is 0 Å². The van der Waals surface area contributed by atoms with Crippen LogP contribution in [-0.2, 0) is 4.79 Å². The summed E-state index contributed by atoms with van der Waals surface area (Å²) < 4.78 is 0. The SMILES string of the molecule is CC(CNC(=O)C1CCN(c2ccc(-c3cccs3)nn2)CC1)c1ccccc1. The second-order valence-electron chi connectivity index (χ2n) is 7.57. The van der Waals surface area contributed by atoms with Gasteiger partial charge < -0.3 is 10.2 Å². The molecule has 1 unspecified atom stereocenters. The number of thiophene rings is 1. The Balaban J connectivity index is 1.26. The second kappa shape index (κ2) is 9.18.